The van der Waals surface area contributed by atoms with Crippen molar-refractivity contribution in [1.29, 1.82) is 0 Å². The zero-order chi connectivity index (χ0) is 19.2. The molecule has 2 aliphatic rings. The van der Waals surface area contributed by atoms with Crippen molar-refractivity contribution in [3.8, 4) is 25.3 Å². The SMILES string of the molecule is Cc1cc2c(s1)-c1sc(-c3sc(C)c4c3C(=O)N(C)C4=O)cc1C(C)(C)O2. The molecular formula is C20H17NO3S3. The Kier molecular flexibility index (Phi) is 3.37. The summed E-state index contributed by atoms with van der Waals surface area (Å²) in [5.74, 6) is 0.530. The van der Waals surface area contributed by atoms with E-state index in [1.165, 1.54) is 26.0 Å². The van der Waals surface area contributed by atoms with Crippen LogP contribution in [0.2, 0.25) is 0 Å². The van der Waals surface area contributed by atoms with Crippen LogP contribution < -0.4 is 4.74 Å². The van der Waals surface area contributed by atoms with Crippen molar-refractivity contribution in [2.75, 3.05) is 7.05 Å². The van der Waals surface area contributed by atoms with Crippen molar-refractivity contribution in [2.24, 2.45) is 0 Å². The Morgan fingerprint density at radius 3 is 2.37 bits per heavy atom. The fourth-order valence-corrected chi connectivity index (χ4v) is 7.42. The van der Waals surface area contributed by atoms with E-state index in [0.29, 0.717) is 11.1 Å². The summed E-state index contributed by atoms with van der Waals surface area (Å²) in [6, 6.07) is 4.23. The number of thiophene rings is 3. The highest BCUT2D eigenvalue weighted by Crippen LogP contribution is 2.55. The van der Waals surface area contributed by atoms with Gasteiger partial charge in [-0.05, 0) is 39.8 Å². The average Bonchev–Trinajstić information content (AvgIpc) is 3.30. The second kappa shape index (κ2) is 5.31. The van der Waals surface area contributed by atoms with Crippen LogP contribution in [0.4, 0.5) is 0 Å². The molecule has 0 aromatic carbocycles. The maximum Gasteiger partial charge on any atom is 0.262 e. The van der Waals surface area contributed by atoms with Crippen LogP contribution in [0.3, 0.4) is 0 Å². The Morgan fingerprint density at radius 2 is 1.63 bits per heavy atom. The minimum atomic E-state index is -0.434. The molecule has 0 bridgehead atoms. The zero-order valence-electron chi connectivity index (χ0n) is 15.6. The normalized spacial score (nSPS) is 17.0. The fraction of sp³-hybridized carbons (Fsp3) is 0.300. The van der Waals surface area contributed by atoms with Crippen LogP contribution in [0.1, 0.15) is 49.9 Å². The van der Waals surface area contributed by atoms with Gasteiger partial charge < -0.3 is 4.74 Å². The second-order valence-electron chi connectivity index (χ2n) is 7.42. The number of carbonyl (C=O) groups is 2. The van der Waals surface area contributed by atoms with Crippen LogP contribution in [-0.2, 0) is 5.60 Å². The quantitative estimate of drug-likeness (QED) is 0.481. The van der Waals surface area contributed by atoms with Gasteiger partial charge in [-0.2, -0.15) is 0 Å². The van der Waals surface area contributed by atoms with Crippen LogP contribution in [0.5, 0.6) is 5.75 Å². The summed E-state index contributed by atoms with van der Waals surface area (Å²) in [6.07, 6.45) is 0. The summed E-state index contributed by atoms with van der Waals surface area (Å²) < 4.78 is 6.26. The molecule has 27 heavy (non-hydrogen) atoms. The molecule has 3 aromatic heterocycles. The van der Waals surface area contributed by atoms with Gasteiger partial charge in [-0.15, -0.1) is 34.0 Å². The number of carbonyl (C=O) groups excluding carboxylic acids is 2. The van der Waals surface area contributed by atoms with Gasteiger partial charge in [0.15, 0.2) is 0 Å². The van der Waals surface area contributed by atoms with E-state index in [-0.39, 0.29) is 11.8 Å². The molecule has 3 aromatic rings. The highest BCUT2D eigenvalue weighted by Gasteiger charge is 2.41. The van der Waals surface area contributed by atoms with Gasteiger partial charge in [0, 0.05) is 27.2 Å². The van der Waals surface area contributed by atoms with Gasteiger partial charge in [0.1, 0.15) is 11.4 Å². The predicted octanol–water partition coefficient (Wildman–Crippen LogP) is 5.68. The zero-order valence-corrected chi connectivity index (χ0v) is 18.0. The standard InChI is InChI=1S/C20H17NO3S3/c1-8-6-11-16(25-8)15-10(20(3,4)24-11)7-12(27-15)17-14-13(9(2)26-17)18(22)21(5)19(14)23/h6-7H,1-5H3. The molecule has 0 N–H and O–H groups in total. The van der Waals surface area contributed by atoms with E-state index in [2.05, 4.69) is 32.9 Å². The molecule has 7 heteroatoms. The molecule has 0 saturated carbocycles. The van der Waals surface area contributed by atoms with Crippen LogP contribution in [0.15, 0.2) is 12.1 Å². The van der Waals surface area contributed by atoms with E-state index in [1.54, 1.807) is 29.7 Å². The number of hydrogen-bond acceptors (Lipinski definition) is 6. The first kappa shape index (κ1) is 17.2. The lowest BCUT2D eigenvalue weighted by Crippen LogP contribution is -2.27. The van der Waals surface area contributed by atoms with Gasteiger partial charge in [0.25, 0.3) is 11.8 Å². The second-order valence-corrected chi connectivity index (χ2v) is 11.0. The third kappa shape index (κ3) is 2.19. The molecule has 0 saturated heterocycles. The van der Waals surface area contributed by atoms with Crippen LogP contribution in [-0.4, -0.2) is 23.8 Å². The fourth-order valence-electron chi connectivity index (χ4n) is 3.78. The molecule has 0 spiro atoms. The van der Waals surface area contributed by atoms with Crippen LogP contribution in [0, 0.1) is 13.8 Å². The maximum absolute atomic E-state index is 12.7. The van der Waals surface area contributed by atoms with Crippen LogP contribution in [0.25, 0.3) is 19.5 Å². The number of imide groups is 1. The summed E-state index contributed by atoms with van der Waals surface area (Å²) in [5, 5.41) is 0. The summed E-state index contributed by atoms with van der Waals surface area (Å²) in [6.45, 7) is 8.15. The maximum atomic E-state index is 12.7. The summed E-state index contributed by atoms with van der Waals surface area (Å²) in [5.41, 5.74) is 1.83. The smallest absolute Gasteiger partial charge is 0.262 e. The van der Waals surface area contributed by atoms with Gasteiger partial charge in [-0.1, -0.05) is 0 Å². The molecule has 4 nitrogen and oxygen atoms in total. The molecule has 0 aliphatic carbocycles. The van der Waals surface area contributed by atoms with Gasteiger partial charge >= 0.3 is 0 Å². The molecule has 0 fully saturated rings. The number of ether oxygens (including phenoxy) is 1. The summed E-state index contributed by atoms with van der Waals surface area (Å²) >= 11 is 4.96. The summed E-state index contributed by atoms with van der Waals surface area (Å²) in [4.78, 5) is 32.7. The van der Waals surface area contributed by atoms with E-state index in [9.17, 15) is 9.59 Å². The number of aryl methyl sites for hydroxylation is 2. The lowest BCUT2D eigenvalue weighted by Gasteiger charge is -2.31. The van der Waals surface area contributed by atoms with E-state index >= 15 is 0 Å². The first-order chi connectivity index (χ1) is 12.7. The molecule has 5 heterocycles. The lowest BCUT2D eigenvalue weighted by molar-refractivity contribution is 0.0693. The average molecular weight is 416 g/mol. The Hall–Kier alpha value is -1.96. The Labute approximate surface area is 169 Å². The van der Waals surface area contributed by atoms with Crippen LogP contribution >= 0.6 is 34.0 Å². The molecule has 2 aliphatic heterocycles. The number of hydrogen-bond donors (Lipinski definition) is 0. The number of nitrogens with zero attached hydrogens (tertiary/aromatic N) is 1. The number of fused-ring (bicyclic) bond motifs is 4. The lowest BCUT2D eigenvalue weighted by atomic mass is 9.95. The molecule has 0 unspecified atom stereocenters. The first-order valence-electron chi connectivity index (χ1n) is 8.59. The van der Waals surface area contributed by atoms with Crippen molar-refractivity contribution in [3.63, 3.8) is 0 Å². The number of amides is 2. The van der Waals surface area contributed by atoms with Crippen molar-refractivity contribution in [1.82, 2.24) is 4.90 Å². The van der Waals surface area contributed by atoms with Gasteiger partial charge in [-0.3, -0.25) is 14.5 Å². The molecular weight excluding hydrogens is 398 g/mol. The Morgan fingerprint density at radius 1 is 0.926 bits per heavy atom. The van der Waals surface area contributed by atoms with E-state index < -0.39 is 5.60 Å². The van der Waals surface area contributed by atoms with Gasteiger partial charge in [0.05, 0.1) is 25.8 Å². The minimum Gasteiger partial charge on any atom is -0.482 e. The third-order valence-corrected chi connectivity index (χ3v) is 8.73. The predicted molar refractivity (Wildman–Crippen MR) is 110 cm³/mol. The molecule has 5 rings (SSSR count). The topological polar surface area (TPSA) is 46.6 Å². The van der Waals surface area contributed by atoms with Crippen molar-refractivity contribution in [3.05, 3.63) is 38.6 Å². The van der Waals surface area contributed by atoms with Crippen molar-refractivity contribution < 1.29 is 14.3 Å². The number of rotatable bonds is 1. The van der Waals surface area contributed by atoms with Gasteiger partial charge in [-0.25, -0.2) is 0 Å². The molecule has 2 amide bonds. The van der Waals surface area contributed by atoms with Gasteiger partial charge in [0.2, 0.25) is 0 Å². The molecule has 0 atom stereocenters. The third-order valence-electron chi connectivity index (χ3n) is 5.12. The van der Waals surface area contributed by atoms with E-state index in [4.69, 9.17) is 4.74 Å². The first-order valence-corrected chi connectivity index (χ1v) is 11.0. The van der Waals surface area contributed by atoms with E-state index in [0.717, 1.165) is 30.8 Å². The van der Waals surface area contributed by atoms with Crippen molar-refractivity contribution >= 4 is 45.8 Å². The molecule has 138 valence electrons. The highest BCUT2D eigenvalue weighted by molar-refractivity contribution is 7.27. The molecule has 0 radical (unpaired) electrons. The largest absolute Gasteiger partial charge is 0.482 e. The summed E-state index contributed by atoms with van der Waals surface area (Å²) in [7, 11) is 1.55. The monoisotopic (exact) mass is 415 g/mol. The Bertz CT molecular complexity index is 1160. The Balaban J connectivity index is 1.75. The minimum absolute atomic E-state index is 0.198. The highest BCUT2D eigenvalue weighted by atomic mass is 32.1. The van der Waals surface area contributed by atoms with Crippen molar-refractivity contribution in [2.45, 2.75) is 33.3 Å². The van der Waals surface area contributed by atoms with E-state index in [1.807, 2.05) is 6.92 Å².